The zero-order valence-corrected chi connectivity index (χ0v) is 18.4. The molecule has 0 bridgehead atoms. The molecule has 3 aromatic rings. The van der Waals surface area contributed by atoms with Crippen LogP contribution in [0.1, 0.15) is 6.92 Å². The SMILES string of the molecule is CC(C(=O)N(C)C)[P+](c1ccccc1)(c1ccccc1)c1ccccc1.[Br-]. The molecule has 0 fully saturated rings. The topological polar surface area (TPSA) is 20.3 Å². The van der Waals surface area contributed by atoms with Gasteiger partial charge in [-0.3, -0.25) is 4.79 Å². The number of rotatable bonds is 5. The molecule has 0 saturated heterocycles. The van der Waals surface area contributed by atoms with E-state index in [2.05, 4.69) is 79.7 Å². The number of halogens is 1. The van der Waals surface area contributed by atoms with Crippen molar-refractivity contribution in [2.24, 2.45) is 0 Å². The summed E-state index contributed by atoms with van der Waals surface area (Å²) in [5, 5.41) is 3.71. The second-order valence-electron chi connectivity index (χ2n) is 6.64. The maximum absolute atomic E-state index is 13.2. The summed E-state index contributed by atoms with van der Waals surface area (Å²) in [6.45, 7) is 2.09. The van der Waals surface area contributed by atoms with Crippen molar-refractivity contribution in [2.45, 2.75) is 12.6 Å². The summed E-state index contributed by atoms with van der Waals surface area (Å²) in [7, 11) is 1.54. The van der Waals surface area contributed by atoms with E-state index in [9.17, 15) is 4.79 Å². The van der Waals surface area contributed by atoms with Crippen LogP contribution in [0.4, 0.5) is 0 Å². The average Bonchev–Trinajstić information content (AvgIpc) is 2.70. The van der Waals surface area contributed by atoms with Crippen LogP contribution in [0.5, 0.6) is 0 Å². The summed E-state index contributed by atoms with van der Waals surface area (Å²) in [6, 6.07) is 31.6. The molecule has 0 aliphatic carbocycles. The van der Waals surface area contributed by atoms with E-state index in [1.165, 1.54) is 15.9 Å². The summed E-state index contributed by atoms with van der Waals surface area (Å²) in [6.07, 6.45) is 0. The Labute approximate surface area is 173 Å². The summed E-state index contributed by atoms with van der Waals surface area (Å²) in [4.78, 5) is 14.9. The molecule has 1 unspecified atom stereocenters. The number of nitrogens with zero attached hydrogens (tertiary/aromatic N) is 1. The number of benzene rings is 3. The van der Waals surface area contributed by atoms with Crippen molar-refractivity contribution in [3.8, 4) is 0 Å². The Balaban J connectivity index is 0.00000261. The van der Waals surface area contributed by atoms with Crippen LogP contribution < -0.4 is 32.9 Å². The van der Waals surface area contributed by atoms with Gasteiger partial charge in [0, 0.05) is 14.1 Å². The first-order valence-corrected chi connectivity index (χ1v) is 10.7. The fraction of sp³-hybridized carbons (Fsp3) is 0.174. The Morgan fingerprint density at radius 3 is 1.26 bits per heavy atom. The van der Waals surface area contributed by atoms with E-state index in [1.54, 1.807) is 4.90 Å². The van der Waals surface area contributed by atoms with Crippen molar-refractivity contribution in [2.75, 3.05) is 14.1 Å². The van der Waals surface area contributed by atoms with Crippen molar-refractivity contribution in [3.63, 3.8) is 0 Å². The van der Waals surface area contributed by atoms with Gasteiger partial charge in [-0.25, -0.2) is 0 Å². The number of amides is 1. The molecule has 0 saturated carbocycles. The van der Waals surface area contributed by atoms with Crippen LogP contribution in [0.25, 0.3) is 0 Å². The van der Waals surface area contributed by atoms with E-state index in [4.69, 9.17) is 0 Å². The molecule has 140 valence electrons. The van der Waals surface area contributed by atoms with Gasteiger partial charge >= 0.3 is 0 Å². The molecule has 27 heavy (non-hydrogen) atoms. The summed E-state index contributed by atoms with van der Waals surface area (Å²) in [5.41, 5.74) is -0.148. The third kappa shape index (κ3) is 4.00. The Bertz CT molecular complexity index is 757. The standard InChI is InChI=1S/C23H25NOP.BrH/c1-19(23(25)24(2)3)26(20-13-7-4-8-14-20,21-15-9-5-10-16-21)22-17-11-6-12-18-22;/h4-19H,1-3H3;1H/q+1;/p-1. The van der Waals surface area contributed by atoms with Gasteiger partial charge in [-0.1, -0.05) is 54.6 Å². The van der Waals surface area contributed by atoms with Gasteiger partial charge in [-0.15, -0.1) is 0 Å². The van der Waals surface area contributed by atoms with Crippen LogP contribution in [0, 0.1) is 0 Å². The lowest BCUT2D eigenvalue weighted by Crippen LogP contribution is -3.00. The molecule has 0 N–H and O–H groups in total. The first-order chi connectivity index (χ1) is 12.6. The molecule has 0 aromatic heterocycles. The van der Waals surface area contributed by atoms with Gasteiger partial charge in [0.15, 0.2) is 5.66 Å². The molecule has 0 radical (unpaired) electrons. The minimum atomic E-state index is -2.15. The Morgan fingerprint density at radius 2 is 1.00 bits per heavy atom. The number of hydrogen-bond acceptors (Lipinski definition) is 1. The van der Waals surface area contributed by atoms with Crippen molar-refractivity contribution < 1.29 is 21.8 Å². The van der Waals surface area contributed by atoms with Gasteiger partial charge in [-0.2, -0.15) is 0 Å². The third-order valence-corrected chi connectivity index (χ3v) is 9.59. The number of hydrogen-bond donors (Lipinski definition) is 0. The van der Waals surface area contributed by atoms with Crippen LogP contribution >= 0.6 is 7.26 Å². The highest BCUT2D eigenvalue weighted by atomic mass is 79.9. The van der Waals surface area contributed by atoms with Crippen molar-refractivity contribution in [1.82, 2.24) is 4.90 Å². The molecule has 2 nitrogen and oxygen atoms in total. The van der Waals surface area contributed by atoms with Crippen LogP contribution in [0.15, 0.2) is 91.0 Å². The summed E-state index contributed by atoms with van der Waals surface area (Å²) < 4.78 is 0. The van der Waals surface area contributed by atoms with Crippen molar-refractivity contribution >= 4 is 29.1 Å². The van der Waals surface area contributed by atoms with E-state index in [0.717, 1.165) is 0 Å². The van der Waals surface area contributed by atoms with Crippen molar-refractivity contribution in [1.29, 1.82) is 0 Å². The van der Waals surface area contributed by atoms with Gasteiger partial charge in [-0.05, 0) is 43.3 Å². The Kier molecular flexibility index (Phi) is 7.35. The normalized spacial score (nSPS) is 12.0. The molecule has 3 rings (SSSR count). The average molecular weight is 442 g/mol. The lowest BCUT2D eigenvalue weighted by atomic mass is 10.3. The summed E-state index contributed by atoms with van der Waals surface area (Å²) in [5.74, 6) is 0.162. The van der Waals surface area contributed by atoms with Crippen LogP contribution in [0.3, 0.4) is 0 Å². The Morgan fingerprint density at radius 1 is 0.704 bits per heavy atom. The molecular formula is C23H25BrNOP. The lowest BCUT2D eigenvalue weighted by Gasteiger charge is -2.33. The second kappa shape index (κ2) is 9.30. The molecule has 0 spiro atoms. The zero-order chi connectivity index (χ0) is 18.6. The zero-order valence-electron chi connectivity index (χ0n) is 15.9. The maximum Gasteiger partial charge on any atom is 0.263 e. The molecule has 4 heteroatoms. The maximum atomic E-state index is 13.2. The molecule has 1 amide bonds. The first kappa shape index (κ1) is 21.3. The van der Waals surface area contributed by atoms with Gasteiger partial charge in [0.2, 0.25) is 0 Å². The minimum absolute atomic E-state index is 0. The van der Waals surface area contributed by atoms with Gasteiger partial charge in [0.25, 0.3) is 5.91 Å². The number of carbonyl (C=O) groups is 1. The highest BCUT2D eigenvalue weighted by molar-refractivity contribution is 7.96. The van der Waals surface area contributed by atoms with Crippen LogP contribution in [-0.4, -0.2) is 30.6 Å². The van der Waals surface area contributed by atoms with Crippen LogP contribution in [-0.2, 0) is 4.79 Å². The van der Waals surface area contributed by atoms with Crippen molar-refractivity contribution in [3.05, 3.63) is 91.0 Å². The minimum Gasteiger partial charge on any atom is -1.00 e. The predicted molar refractivity (Wildman–Crippen MR) is 113 cm³/mol. The summed E-state index contributed by atoms with van der Waals surface area (Å²) >= 11 is 0. The molecule has 0 heterocycles. The molecule has 3 aromatic carbocycles. The Hall–Kier alpha value is -1.96. The molecule has 1 atom stereocenters. The smallest absolute Gasteiger partial charge is 0.263 e. The van der Waals surface area contributed by atoms with E-state index in [-0.39, 0.29) is 28.5 Å². The second-order valence-corrected chi connectivity index (χ2v) is 10.4. The lowest BCUT2D eigenvalue weighted by molar-refractivity contribution is -0.127. The van der Waals surface area contributed by atoms with Gasteiger partial charge in [0.05, 0.1) is 0 Å². The fourth-order valence-electron chi connectivity index (χ4n) is 3.65. The van der Waals surface area contributed by atoms with E-state index < -0.39 is 7.26 Å². The van der Waals surface area contributed by atoms with E-state index in [1.807, 2.05) is 32.3 Å². The quantitative estimate of drug-likeness (QED) is 0.526. The highest BCUT2D eigenvalue weighted by Crippen LogP contribution is 2.59. The predicted octanol–water partition coefficient (Wildman–Crippen LogP) is 0.461. The van der Waals surface area contributed by atoms with Crippen LogP contribution in [0.2, 0.25) is 0 Å². The first-order valence-electron chi connectivity index (χ1n) is 8.85. The van der Waals surface area contributed by atoms with E-state index >= 15 is 0 Å². The third-order valence-electron chi connectivity index (χ3n) is 4.87. The molecule has 0 aliphatic rings. The van der Waals surface area contributed by atoms with Gasteiger partial charge in [0.1, 0.15) is 23.2 Å². The highest BCUT2D eigenvalue weighted by Gasteiger charge is 2.53. The monoisotopic (exact) mass is 441 g/mol. The fourth-order valence-corrected chi connectivity index (χ4v) is 8.37. The van der Waals surface area contributed by atoms with E-state index in [0.29, 0.717) is 0 Å². The molecular weight excluding hydrogens is 417 g/mol. The molecule has 0 aliphatic heterocycles. The largest absolute Gasteiger partial charge is 1.00 e. The number of carbonyl (C=O) groups excluding carboxylic acids is 1. The van der Waals surface area contributed by atoms with Gasteiger partial charge < -0.3 is 21.9 Å².